The van der Waals surface area contributed by atoms with E-state index in [1.807, 2.05) is 40.9 Å². The van der Waals surface area contributed by atoms with E-state index in [2.05, 4.69) is 32.1 Å². The lowest BCUT2D eigenvalue weighted by molar-refractivity contribution is 0.131. The largest absolute Gasteiger partial charge is 0.297 e. The summed E-state index contributed by atoms with van der Waals surface area (Å²) in [6, 6.07) is 13.9. The predicted molar refractivity (Wildman–Crippen MR) is 106 cm³/mol. The van der Waals surface area contributed by atoms with Gasteiger partial charge in [0.25, 0.3) is 0 Å². The summed E-state index contributed by atoms with van der Waals surface area (Å²) in [5.41, 5.74) is 2.92. The summed E-state index contributed by atoms with van der Waals surface area (Å²) >= 11 is 12.2. The zero-order valence-electron chi connectivity index (χ0n) is 14.2. The molecule has 2 aromatic heterocycles. The first kappa shape index (κ1) is 17.3. The average molecular weight is 388 g/mol. The maximum absolute atomic E-state index is 6.25. The molecule has 1 aromatic carbocycles. The van der Waals surface area contributed by atoms with Crippen molar-refractivity contribution in [3.63, 3.8) is 0 Å². The Labute approximate surface area is 162 Å². The Balaban J connectivity index is 1.36. The molecule has 0 amide bonds. The van der Waals surface area contributed by atoms with E-state index in [0.717, 1.165) is 49.1 Å². The third kappa shape index (κ3) is 3.85. The Morgan fingerprint density at radius 1 is 1.00 bits per heavy atom. The number of piperazine rings is 1. The van der Waals surface area contributed by atoms with Crippen molar-refractivity contribution in [1.29, 1.82) is 0 Å². The summed E-state index contributed by atoms with van der Waals surface area (Å²) in [5.74, 6) is 0. The van der Waals surface area contributed by atoms with Gasteiger partial charge in [0.05, 0.1) is 6.21 Å². The van der Waals surface area contributed by atoms with Crippen LogP contribution in [0.25, 0.3) is 5.65 Å². The summed E-state index contributed by atoms with van der Waals surface area (Å²) in [4.78, 5) is 6.77. The molecule has 1 aliphatic rings. The Kier molecular flexibility index (Phi) is 5.11. The highest BCUT2D eigenvalue weighted by Crippen LogP contribution is 2.16. The van der Waals surface area contributed by atoms with Crippen LogP contribution in [0.4, 0.5) is 0 Å². The maximum Gasteiger partial charge on any atom is 0.157 e. The van der Waals surface area contributed by atoms with Crippen molar-refractivity contribution in [2.75, 3.05) is 26.2 Å². The molecular formula is C19H19Cl2N5. The number of fused-ring (bicyclic) bond motifs is 1. The number of pyridine rings is 1. The van der Waals surface area contributed by atoms with E-state index in [-0.39, 0.29) is 0 Å². The smallest absolute Gasteiger partial charge is 0.157 e. The van der Waals surface area contributed by atoms with Crippen LogP contribution in [0.1, 0.15) is 11.3 Å². The van der Waals surface area contributed by atoms with Crippen LogP contribution in [0.2, 0.25) is 10.2 Å². The first-order chi connectivity index (χ1) is 12.7. The minimum atomic E-state index is 0.473. The molecule has 0 bridgehead atoms. The number of hydrazone groups is 1. The van der Waals surface area contributed by atoms with Gasteiger partial charge in [-0.05, 0) is 29.8 Å². The Morgan fingerprint density at radius 2 is 1.77 bits per heavy atom. The number of rotatable bonds is 4. The van der Waals surface area contributed by atoms with E-state index in [1.165, 1.54) is 5.56 Å². The normalized spacial score (nSPS) is 16.0. The summed E-state index contributed by atoms with van der Waals surface area (Å²) in [7, 11) is 0. The molecule has 5 nitrogen and oxygen atoms in total. The molecule has 134 valence electrons. The molecule has 0 spiro atoms. The van der Waals surface area contributed by atoms with Crippen LogP contribution in [0, 0.1) is 0 Å². The average Bonchev–Trinajstić information content (AvgIpc) is 2.98. The van der Waals surface area contributed by atoms with Crippen molar-refractivity contribution >= 4 is 35.1 Å². The molecule has 0 N–H and O–H groups in total. The lowest BCUT2D eigenvalue weighted by Crippen LogP contribution is -2.43. The molecule has 0 atom stereocenters. The number of imidazole rings is 1. The summed E-state index contributed by atoms with van der Waals surface area (Å²) in [6.45, 7) is 4.66. The minimum absolute atomic E-state index is 0.473. The van der Waals surface area contributed by atoms with Crippen molar-refractivity contribution in [2.45, 2.75) is 6.54 Å². The standard InChI is InChI=1S/C19H19Cl2N5/c20-16-6-4-15(5-7-16)14-24-9-11-25(12-10-24)22-13-17-19(21)23-18-3-1-2-8-26(17)18/h1-8,13H,9-12,14H2/b22-13+. The fraction of sp³-hybridized carbons (Fsp3) is 0.263. The zero-order chi connectivity index (χ0) is 17.9. The van der Waals surface area contributed by atoms with Crippen LogP contribution >= 0.6 is 23.2 Å². The van der Waals surface area contributed by atoms with Gasteiger partial charge in [-0.25, -0.2) is 4.98 Å². The highest BCUT2D eigenvalue weighted by molar-refractivity contribution is 6.32. The molecule has 1 aliphatic heterocycles. The molecule has 4 rings (SSSR count). The van der Waals surface area contributed by atoms with E-state index >= 15 is 0 Å². The molecular weight excluding hydrogens is 369 g/mol. The second-order valence-corrected chi connectivity index (χ2v) is 7.11. The van der Waals surface area contributed by atoms with Crippen LogP contribution in [-0.2, 0) is 6.54 Å². The SMILES string of the molecule is Clc1ccc(CN2CCN(/N=C/c3c(Cl)nc4ccccn34)CC2)cc1. The predicted octanol–water partition coefficient (Wildman–Crippen LogP) is 3.79. The topological polar surface area (TPSA) is 36.1 Å². The van der Waals surface area contributed by atoms with Crippen molar-refractivity contribution < 1.29 is 0 Å². The molecule has 0 radical (unpaired) electrons. The van der Waals surface area contributed by atoms with E-state index in [4.69, 9.17) is 23.2 Å². The van der Waals surface area contributed by atoms with E-state index in [1.54, 1.807) is 6.21 Å². The summed E-state index contributed by atoms with van der Waals surface area (Å²) in [6.07, 6.45) is 3.75. The van der Waals surface area contributed by atoms with Crippen LogP contribution < -0.4 is 0 Å². The monoisotopic (exact) mass is 387 g/mol. The molecule has 7 heteroatoms. The number of hydrogen-bond acceptors (Lipinski definition) is 4. The Bertz CT molecular complexity index is 911. The molecule has 3 aromatic rings. The van der Waals surface area contributed by atoms with E-state index in [9.17, 15) is 0 Å². The number of aromatic nitrogens is 2. The first-order valence-electron chi connectivity index (χ1n) is 8.57. The second-order valence-electron chi connectivity index (χ2n) is 6.32. The van der Waals surface area contributed by atoms with Gasteiger partial charge >= 0.3 is 0 Å². The molecule has 0 unspecified atom stereocenters. The minimum Gasteiger partial charge on any atom is -0.297 e. The molecule has 26 heavy (non-hydrogen) atoms. The van der Waals surface area contributed by atoms with Crippen LogP contribution in [0.3, 0.4) is 0 Å². The highest BCUT2D eigenvalue weighted by atomic mass is 35.5. The van der Waals surface area contributed by atoms with Gasteiger partial charge in [0.1, 0.15) is 11.3 Å². The molecule has 1 fully saturated rings. The molecule has 3 heterocycles. The number of benzene rings is 1. The number of nitrogens with zero attached hydrogens (tertiary/aromatic N) is 5. The molecule has 1 saturated heterocycles. The van der Waals surface area contributed by atoms with E-state index in [0.29, 0.717) is 5.15 Å². The van der Waals surface area contributed by atoms with Gasteiger partial charge in [-0.1, -0.05) is 41.4 Å². The summed E-state index contributed by atoms with van der Waals surface area (Å²) in [5, 5.41) is 7.94. The van der Waals surface area contributed by atoms with Gasteiger partial charge in [-0.15, -0.1) is 0 Å². The second kappa shape index (κ2) is 7.66. The zero-order valence-corrected chi connectivity index (χ0v) is 15.7. The van der Waals surface area contributed by atoms with Crippen molar-refractivity contribution in [1.82, 2.24) is 19.3 Å². The third-order valence-corrected chi connectivity index (χ3v) is 5.06. The highest BCUT2D eigenvalue weighted by Gasteiger charge is 2.16. The van der Waals surface area contributed by atoms with Crippen LogP contribution in [0.5, 0.6) is 0 Å². The quantitative estimate of drug-likeness (QED) is 0.638. The van der Waals surface area contributed by atoms with Gasteiger partial charge in [0.15, 0.2) is 5.15 Å². The van der Waals surface area contributed by atoms with Crippen LogP contribution in [0.15, 0.2) is 53.8 Å². The lowest BCUT2D eigenvalue weighted by Gasteiger charge is -2.33. The third-order valence-electron chi connectivity index (χ3n) is 4.53. The molecule has 0 saturated carbocycles. The summed E-state index contributed by atoms with van der Waals surface area (Å²) < 4.78 is 1.95. The van der Waals surface area contributed by atoms with Gasteiger partial charge < -0.3 is 0 Å². The van der Waals surface area contributed by atoms with Crippen molar-refractivity contribution in [3.05, 3.63) is 70.1 Å². The van der Waals surface area contributed by atoms with Gasteiger partial charge in [-0.3, -0.25) is 14.3 Å². The van der Waals surface area contributed by atoms with Crippen molar-refractivity contribution in [2.24, 2.45) is 5.10 Å². The van der Waals surface area contributed by atoms with Gasteiger partial charge in [0, 0.05) is 43.9 Å². The Hall–Kier alpha value is -2.08. The maximum atomic E-state index is 6.25. The molecule has 0 aliphatic carbocycles. The van der Waals surface area contributed by atoms with Crippen molar-refractivity contribution in [3.8, 4) is 0 Å². The van der Waals surface area contributed by atoms with Gasteiger partial charge in [-0.2, -0.15) is 5.10 Å². The number of halogens is 2. The fourth-order valence-corrected chi connectivity index (χ4v) is 3.45. The van der Waals surface area contributed by atoms with Crippen LogP contribution in [-0.4, -0.2) is 51.7 Å². The first-order valence-corrected chi connectivity index (χ1v) is 9.33. The van der Waals surface area contributed by atoms with Gasteiger partial charge in [0.2, 0.25) is 0 Å². The number of hydrogen-bond donors (Lipinski definition) is 0. The fourth-order valence-electron chi connectivity index (χ4n) is 3.10. The Morgan fingerprint density at radius 3 is 2.54 bits per heavy atom. The lowest BCUT2D eigenvalue weighted by atomic mass is 10.2. The van der Waals surface area contributed by atoms with E-state index < -0.39 is 0 Å².